The highest BCUT2D eigenvalue weighted by molar-refractivity contribution is 5.21. The number of nitrogens with one attached hydrogen (secondary N) is 1. The van der Waals surface area contributed by atoms with Crippen LogP contribution >= 0.6 is 0 Å². The van der Waals surface area contributed by atoms with Crippen molar-refractivity contribution in [1.29, 1.82) is 0 Å². The molecule has 0 amide bonds. The van der Waals surface area contributed by atoms with Gasteiger partial charge in [-0.15, -0.1) is 0 Å². The average Bonchev–Trinajstić information content (AvgIpc) is 2.97. The van der Waals surface area contributed by atoms with Gasteiger partial charge in [0.2, 0.25) is 0 Å². The van der Waals surface area contributed by atoms with Crippen LogP contribution in [-0.4, -0.2) is 16.1 Å². The van der Waals surface area contributed by atoms with Crippen LogP contribution in [-0.2, 0) is 0 Å². The Kier molecular flexibility index (Phi) is 5.57. The number of benzene rings is 1. The second-order valence-corrected chi connectivity index (χ2v) is 5.77. The van der Waals surface area contributed by atoms with Gasteiger partial charge in [0.05, 0.1) is 12.1 Å². The molecule has 0 saturated heterocycles. The first-order valence-corrected chi connectivity index (χ1v) is 8.00. The maximum Gasteiger partial charge on any atom is 0.111 e. The number of imidazole rings is 1. The van der Waals surface area contributed by atoms with Gasteiger partial charge < -0.3 is 9.88 Å². The van der Waals surface area contributed by atoms with Gasteiger partial charge in [0.1, 0.15) is 5.82 Å². The summed E-state index contributed by atoms with van der Waals surface area (Å²) in [5.41, 5.74) is 1.34. The van der Waals surface area contributed by atoms with Crippen molar-refractivity contribution in [3.05, 3.63) is 54.1 Å². The van der Waals surface area contributed by atoms with Crippen LogP contribution in [0.2, 0.25) is 0 Å². The van der Waals surface area contributed by atoms with Gasteiger partial charge in [-0.25, -0.2) is 4.98 Å². The summed E-state index contributed by atoms with van der Waals surface area (Å²) < 4.78 is 2.35. The molecule has 1 aromatic carbocycles. The Labute approximate surface area is 128 Å². The molecule has 0 spiro atoms. The number of hydrogen-bond acceptors (Lipinski definition) is 2. The van der Waals surface area contributed by atoms with Gasteiger partial charge in [-0.3, -0.25) is 0 Å². The normalized spacial score (nSPS) is 14.3. The first-order valence-electron chi connectivity index (χ1n) is 8.00. The summed E-state index contributed by atoms with van der Waals surface area (Å²) in [6.45, 7) is 9.79. The largest absolute Gasteiger partial charge is 0.330 e. The zero-order valence-corrected chi connectivity index (χ0v) is 13.6. The van der Waals surface area contributed by atoms with Crippen LogP contribution < -0.4 is 5.32 Å². The fraction of sp³-hybridized carbons (Fsp3) is 0.500. The lowest BCUT2D eigenvalue weighted by Gasteiger charge is -2.30. The van der Waals surface area contributed by atoms with E-state index in [2.05, 4.69) is 79.1 Å². The monoisotopic (exact) mass is 285 g/mol. The maximum atomic E-state index is 4.56. The standard InChI is InChI=1S/C18H27N3/c1-5-16(21-13-12-20-18(21)14(3)4)17(19-6-2)15-10-8-7-9-11-15/h7-14,16-17,19H,5-6H2,1-4H3. The predicted molar refractivity (Wildman–Crippen MR) is 88.5 cm³/mol. The van der Waals surface area contributed by atoms with Crippen LogP contribution in [0, 0.1) is 0 Å². The predicted octanol–water partition coefficient (Wildman–Crippen LogP) is 4.31. The molecule has 2 aromatic rings. The van der Waals surface area contributed by atoms with Crippen molar-refractivity contribution in [2.45, 2.75) is 52.1 Å². The van der Waals surface area contributed by atoms with E-state index in [4.69, 9.17) is 0 Å². The molecule has 1 aromatic heterocycles. The van der Waals surface area contributed by atoms with E-state index in [1.807, 2.05) is 6.20 Å². The van der Waals surface area contributed by atoms with E-state index in [0.717, 1.165) is 13.0 Å². The molecule has 0 bridgehead atoms. The summed E-state index contributed by atoms with van der Waals surface area (Å²) >= 11 is 0. The molecule has 0 radical (unpaired) electrons. The molecule has 1 N–H and O–H groups in total. The van der Waals surface area contributed by atoms with Gasteiger partial charge in [0, 0.05) is 18.3 Å². The Hall–Kier alpha value is -1.61. The quantitative estimate of drug-likeness (QED) is 0.821. The second kappa shape index (κ2) is 7.41. The smallest absolute Gasteiger partial charge is 0.111 e. The summed E-state index contributed by atoms with van der Waals surface area (Å²) in [5, 5.41) is 3.66. The van der Waals surface area contributed by atoms with E-state index in [9.17, 15) is 0 Å². The second-order valence-electron chi connectivity index (χ2n) is 5.77. The minimum absolute atomic E-state index is 0.313. The van der Waals surface area contributed by atoms with Crippen LogP contribution in [0.5, 0.6) is 0 Å². The van der Waals surface area contributed by atoms with Crippen LogP contribution in [0.15, 0.2) is 42.7 Å². The Morgan fingerprint density at radius 2 is 1.86 bits per heavy atom. The topological polar surface area (TPSA) is 29.9 Å². The van der Waals surface area contributed by atoms with Crippen molar-refractivity contribution >= 4 is 0 Å². The minimum Gasteiger partial charge on any atom is -0.330 e. The Morgan fingerprint density at radius 1 is 1.14 bits per heavy atom. The van der Waals surface area contributed by atoms with Crippen molar-refractivity contribution in [3.63, 3.8) is 0 Å². The van der Waals surface area contributed by atoms with Crippen LogP contribution in [0.4, 0.5) is 0 Å². The van der Waals surface area contributed by atoms with E-state index in [-0.39, 0.29) is 0 Å². The van der Waals surface area contributed by atoms with Gasteiger partial charge >= 0.3 is 0 Å². The summed E-state index contributed by atoms with van der Waals surface area (Å²) in [6.07, 6.45) is 5.12. The molecule has 2 unspecified atom stereocenters. The third-order valence-corrected chi connectivity index (χ3v) is 3.96. The molecule has 0 aliphatic rings. The molecule has 0 saturated carbocycles. The zero-order valence-electron chi connectivity index (χ0n) is 13.6. The molecular weight excluding hydrogens is 258 g/mol. The lowest BCUT2D eigenvalue weighted by molar-refractivity contribution is 0.339. The van der Waals surface area contributed by atoms with E-state index in [0.29, 0.717) is 18.0 Å². The number of aromatic nitrogens is 2. The lowest BCUT2D eigenvalue weighted by atomic mass is 9.96. The van der Waals surface area contributed by atoms with Crippen molar-refractivity contribution in [2.24, 2.45) is 0 Å². The molecule has 0 fully saturated rings. The minimum atomic E-state index is 0.313. The van der Waals surface area contributed by atoms with Gasteiger partial charge in [0.25, 0.3) is 0 Å². The number of nitrogens with zero attached hydrogens (tertiary/aromatic N) is 2. The molecule has 3 nitrogen and oxygen atoms in total. The first-order chi connectivity index (χ1) is 10.2. The van der Waals surface area contributed by atoms with Crippen molar-refractivity contribution in [2.75, 3.05) is 6.54 Å². The van der Waals surface area contributed by atoms with Crippen LogP contribution in [0.25, 0.3) is 0 Å². The molecule has 2 atom stereocenters. The highest BCUT2D eigenvalue weighted by Gasteiger charge is 2.24. The fourth-order valence-corrected chi connectivity index (χ4v) is 3.00. The molecule has 114 valence electrons. The number of hydrogen-bond donors (Lipinski definition) is 1. The van der Waals surface area contributed by atoms with Gasteiger partial charge in [-0.2, -0.15) is 0 Å². The Balaban J connectivity index is 2.38. The fourth-order valence-electron chi connectivity index (χ4n) is 3.00. The Morgan fingerprint density at radius 3 is 2.43 bits per heavy atom. The summed E-state index contributed by atoms with van der Waals surface area (Å²) in [4.78, 5) is 4.56. The molecule has 0 aliphatic carbocycles. The van der Waals surface area contributed by atoms with E-state index < -0.39 is 0 Å². The molecule has 1 heterocycles. The van der Waals surface area contributed by atoms with Crippen LogP contribution in [0.1, 0.15) is 63.5 Å². The summed E-state index contributed by atoms with van der Waals surface area (Å²) in [7, 11) is 0. The van der Waals surface area contributed by atoms with E-state index >= 15 is 0 Å². The van der Waals surface area contributed by atoms with Crippen LogP contribution in [0.3, 0.4) is 0 Å². The highest BCUT2D eigenvalue weighted by Crippen LogP contribution is 2.31. The number of rotatable bonds is 7. The van der Waals surface area contributed by atoms with Crippen molar-refractivity contribution in [1.82, 2.24) is 14.9 Å². The molecule has 21 heavy (non-hydrogen) atoms. The van der Waals surface area contributed by atoms with E-state index in [1.165, 1.54) is 11.4 Å². The lowest BCUT2D eigenvalue weighted by Crippen LogP contribution is -2.30. The van der Waals surface area contributed by atoms with E-state index in [1.54, 1.807) is 0 Å². The first kappa shape index (κ1) is 15.8. The van der Waals surface area contributed by atoms with Gasteiger partial charge in [0.15, 0.2) is 0 Å². The van der Waals surface area contributed by atoms with Crippen molar-refractivity contribution < 1.29 is 0 Å². The highest BCUT2D eigenvalue weighted by atomic mass is 15.1. The molecular formula is C18H27N3. The average molecular weight is 285 g/mol. The maximum absolute atomic E-state index is 4.56. The molecule has 2 rings (SSSR count). The third-order valence-electron chi connectivity index (χ3n) is 3.96. The Bertz CT molecular complexity index is 530. The number of likely N-dealkylation sites (N-methyl/N-ethyl adjacent to an activating group) is 1. The van der Waals surface area contributed by atoms with Gasteiger partial charge in [-0.1, -0.05) is 58.0 Å². The van der Waals surface area contributed by atoms with Gasteiger partial charge in [-0.05, 0) is 18.5 Å². The van der Waals surface area contributed by atoms with Crippen molar-refractivity contribution in [3.8, 4) is 0 Å². The molecule has 3 heteroatoms. The summed E-state index contributed by atoms with van der Waals surface area (Å²) in [5.74, 6) is 1.60. The molecule has 0 aliphatic heterocycles. The summed E-state index contributed by atoms with van der Waals surface area (Å²) in [6, 6.07) is 11.4. The SMILES string of the molecule is CCNC(c1ccccc1)C(CC)n1ccnc1C(C)C. The third kappa shape index (κ3) is 3.53. The zero-order chi connectivity index (χ0) is 15.2.